The monoisotopic (exact) mass is 423 g/mol. The number of aromatic nitrogens is 5. The van der Waals surface area contributed by atoms with Gasteiger partial charge >= 0.3 is 5.69 Å². The van der Waals surface area contributed by atoms with Crippen LogP contribution in [0.3, 0.4) is 0 Å². The van der Waals surface area contributed by atoms with E-state index in [-0.39, 0.29) is 5.69 Å². The summed E-state index contributed by atoms with van der Waals surface area (Å²) >= 11 is 2.00. The van der Waals surface area contributed by atoms with E-state index >= 15 is 0 Å². The van der Waals surface area contributed by atoms with Crippen LogP contribution in [-0.4, -0.2) is 55.8 Å². The molecule has 1 aromatic carbocycles. The van der Waals surface area contributed by atoms with E-state index in [1.807, 2.05) is 42.2 Å². The number of rotatable bonds is 5. The van der Waals surface area contributed by atoms with Gasteiger partial charge < -0.3 is 4.74 Å². The number of hydrogen-bond donors (Lipinski definition) is 0. The first-order chi connectivity index (χ1) is 14.7. The lowest BCUT2D eigenvalue weighted by Crippen LogP contribution is -2.32. The Labute approximate surface area is 177 Å². The second kappa shape index (κ2) is 8.08. The molecule has 4 aromatic rings. The minimum Gasteiger partial charge on any atom is -0.497 e. The molecule has 3 aromatic heterocycles. The SMILES string of the molecule is COc1ccc(Cn2c(=O)n3nc[nH+]c3c3ncc(CN4CCSCC4)cc32)cc1. The van der Waals surface area contributed by atoms with Crippen LogP contribution in [0.2, 0.25) is 0 Å². The fraction of sp³-hybridized carbons (Fsp3) is 0.333. The van der Waals surface area contributed by atoms with Crippen molar-refractivity contribution < 1.29 is 9.72 Å². The Hall–Kier alpha value is -2.91. The van der Waals surface area contributed by atoms with Crippen molar-refractivity contribution in [2.24, 2.45) is 0 Å². The highest BCUT2D eigenvalue weighted by molar-refractivity contribution is 7.99. The van der Waals surface area contributed by atoms with Gasteiger partial charge in [-0.25, -0.2) is 14.8 Å². The van der Waals surface area contributed by atoms with E-state index in [0.29, 0.717) is 12.2 Å². The molecule has 1 aliphatic heterocycles. The largest absolute Gasteiger partial charge is 0.497 e. The third-order valence-electron chi connectivity index (χ3n) is 5.45. The van der Waals surface area contributed by atoms with Crippen LogP contribution in [0.15, 0.2) is 47.7 Å². The number of benzene rings is 1. The quantitative estimate of drug-likeness (QED) is 0.484. The zero-order valence-electron chi connectivity index (χ0n) is 16.7. The van der Waals surface area contributed by atoms with E-state index in [9.17, 15) is 4.79 Å². The van der Waals surface area contributed by atoms with Gasteiger partial charge in [0.15, 0.2) is 5.52 Å². The van der Waals surface area contributed by atoms with Crippen LogP contribution in [0.1, 0.15) is 11.1 Å². The first kappa shape index (κ1) is 19.1. The maximum Gasteiger partial charge on any atom is 0.423 e. The van der Waals surface area contributed by atoms with Crippen LogP contribution in [0.25, 0.3) is 16.7 Å². The normalized spacial score (nSPS) is 15.1. The van der Waals surface area contributed by atoms with Gasteiger partial charge in [0, 0.05) is 42.4 Å². The van der Waals surface area contributed by atoms with Gasteiger partial charge in [0.25, 0.3) is 12.0 Å². The first-order valence-electron chi connectivity index (χ1n) is 9.93. The Morgan fingerprint density at radius 1 is 1.13 bits per heavy atom. The number of thioether (sulfide) groups is 1. The number of methoxy groups -OCH3 is 1. The Kier molecular flexibility index (Phi) is 5.14. The van der Waals surface area contributed by atoms with Crippen molar-refractivity contribution >= 4 is 28.4 Å². The molecule has 0 atom stereocenters. The van der Waals surface area contributed by atoms with E-state index in [4.69, 9.17) is 9.72 Å². The van der Waals surface area contributed by atoms with Crippen molar-refractivity contribution in [1.82, 2.24) is 24.1 Å². The van der Waals surface area contributed by atoms with Crippen LogP contribution in [0.4, 0.5) is 0 Å². The lowest BCUT2D eigenvalue weighted by molar-refractivity contribution is -0.345. The molecule has 0 unspecified atom stereocenters. The fourth-order valence-electron chi connectivity index (χ4n) is 3.85. The highest BCUT2D eigenvalue weighted by Gasteiger charge is 2.20. The van der Waals surface area contributed by atoms with Gasteiger partial charge in [0.2, 0.25) is 0 Å². The Balaban J connectivity index is 1.60. The summed E-state index contributed by atoms with van der Waals surface area (Å²) < 4.78 is 8.36. The summed E-state index contributed by atoms with van der Waals surface area (Å²) in [5.74, 6) is 3.11. The van der Waals surface area contributed by atoms with Gasteiger partial charge in [-0.2, -0.15) is 11.8 Å². The summed E-state index contributed by atoms with van der Waals surface area (Å²) in [6.07, 6.45) is 3.43. The second-order valence-electron chi connectivity index (χ2n) is 7.37. The molecule has 9 heteroatoms. The average Bonchev–Trinajstić information content (AvgIpc) is 3.28. The predicted molar refractivity (Wildman–Crippen MR) is 116 cm³/mol. The predicted octanol–water partition coefficient (Wildman–Crippen LogP) is 1.46. The van der Waals surface area contributed by atoms with Gasteiger partial charge in [-0.3, -0.25) is 9.47 Å². The molecule has 0 amide bonds. The minimum atomic E-state index is -0.192. The van der Waals surface area contributed by atoms with Gasteiger partial charge in [0.1, 0.15) is 5.75 Å². The van der Waals surface area contributed by atoms with Crippen molar-refractivity contribution in [3.05, 3.63) is 64.5 Å². The Bertz CT molecular complexity index is 1240. The standard InChI is InChI=1S/C21H22N6O2S/c1-29-17-4-2-15(3-5-17)13-26-18-10-16(12-25-6-8-30-9-7-25)11-22-19(18)20-23-14-24-27(20)21(26)28/h2-5,10-11,14H,6-9,12-13H2,1H3/p+1. The number of nitrogens with zero attached hydrogens (tertiary/aromatic N) is 5. The van der Waals surface area contributed by atoms with E-state index in [1.165, 1.54) is 10.8 Å². The highest BCUT2D eigenvalue weighted by Crippen LogP contribution is 2.19. The van der Waals surface area contributed by atoms with Crippen molar-refractivity contribution in [3.8, 4) is 5.75 Å². The molecule has 1 fully saturated rings. The third-order valence-corrected chi connectivity index (χ3v) is 6.39. The van der Waals surface area contributed by atoms with E-state index in [2.05, 4.69) is 21.0 Å². The molecule has 8 nitrogen and oxygen atoms in total. The maximum absolute atomic E-state index is 13.2. The average molecular weight is 424 g/mol. The molecular weight excluding hydrogens is 400 g/mol. The molecule has 0 spiro atoms. The molecule has 0 bridgehead atoms. The van der Waals surface area contributed by atoms with Gasteiger partial charge in [-0.15, -0.1) is 0 Å². The number of H-pyrrole nitrogens is 1. The number of pyridine rings is 1. The Morgan fingerprint density at radius 2 is 1.93 bits per heavy atom. The molecule has 1 N–H and O–H groups in total. The van der Waals surface area contributed by atoms with Gasteiger partial charge in [0.05, 0.1) is 19.2 Å². The number of nitrogens with one attached hydrogen (secondary N) is 1. The maximum atomic E-state index is 13.2. The summed E-state index contributed by atoms with van der Waals surface area (Å²) in [4.78, 5) is 23.4. The second-order valence-corrected chi connectivity index (χ2v) is 8.59. The molecule has 154 valence electrons. The molecule has 1 saturated heterocycles. The van der Waals surface area contributed by atoms with Crippen LogP contribution in [-0.2, 0) is 13.1 Å². The van der Waals surface area contributed by atoms with E-state index < -0.39 is 0 Å². The highest BCUT2D eigenvalue weighted by atomic mass is 32.2. The molecule has 0 aliphatic carbocycles. The molecule has 30 heavy (non-hydrogen) atoms. The first-order valence-corrected chi connectivity index (χ1v) is 11.1. The van der Waals surface area contributed by atoms with Crippen LogP contribution >= 0.6 is 11.8 Å². The summed E-state index contributed by atoms with van der Waals surface area (Å²) in [6.45, 7) is 3.43. The van der Waals surface area contributed by atoms with Gasteiger partial charge in [-0.1, -0.05) is 12.1 Å². The lowest BCUT2D eigenvalue weighted by atomic mass is 10.2. The van der Waals surface area contributed by atoms with Crippen molar-refractivity contribution in [2.45, 2.75) is 13.1 Å². The van der Waals surface area contributed by atoms with Crippen molar-refractivity contribution in [2.75, 3.05) is 31.7 Å². The fourth-order valence-corrected chi connectivity index (χ4v) is 4.83. The number of fused-ring (bicyclic) bond motifs is 3. The minimum absolute atomic E-state index is 0.192. The van der Waals surface area contributed by atoms with Crippen LogP contribution < -0.4 is 15.4 Å². The molecular formula is C21H23N6O2S+. The summed E-state index contributed by atoms with van der Waals surface area (Å²) in [5, 5.41) is 4.17. The topological polar surface area (TPSA) is 78.8 Å². The van der Waals surface area contributed by atoms with E-state index in [1.54, 1.807) is 11.7 Å². The Morgan fingerprint density at radius 3 is 2.70 bits per heavy atom. The summed E-state index contributed by atoms with van der Waals surface area (Å²) in [7, 11) is 1.64. The molecule has 0 saturated carbocycles. The molecule has 1 aliphatic rings. The van der Waals surface area contributed by atoms with Crippen LogP contribution in [0, 0.1) is 0 Å². The number of ether oxygens (including phenoxy) is 1. The molecule has 0 radical (unpaired) electrons. The zero-order valence-corrected chi connectivity index (χ0v) is 17.6. The summed E-state index contributed by atoms with van der Waals surface area (Å²) in [6, 6.07) is 9.84. The number of hydrogen-bond acceptors (Lipinski definition) is 6. The third kappa shape index (κ3) is 3.54. The van der Waals surface area contributed by atoms with Crippen molar-refractivity contribution in [3.63, 3.8) is 0 Å². The lowest BCUT2D eigenvalue weighted by Gasteiger charge is -2.26. The van der Waals surface area contributed by atoms with Gasteiger partial charge in [-0.05, 0) is 33.8 Å². The van der Waals surface area contributed by atoms with Crippen LogP contribution in [0.5, 0.6) is 5.75 Å². The van der Waals surface area contributed by atoms with Crippen molar-refractivity contribution in [1.29, 1.82) is 0 Å². The zero-order chi connectivity index (χ0) is 20.5. The smallest absolute Gasteiger partial charge is 0.423 e. The number of aromatic amines is 1. The summed E-state index contributed by atoms with van der Waals surface area (Å²) in [5.41, 5.74) is 4.08. The van der Waals surface area contributed by atoms with E-state index in [0.717, 1.165) is 59.0 Å². The molecule has 5 rings (SSSR count). The molecule has 4 heterocycles.